The second-order valence-electron chi connectivity index (χ2n) is 4.51. The molecule has 0 spiro atoms. The van der Waals surface area contributed by atoms with Gasteiger partial charge in [-0.1, -0.05) is 29.3 Å². The Bertz CT molecular complexity index is 763. The van der Waals surface area contributed by atoms with E-state index in [2.05, 4.69) is 22.2 Å². The lowest BCUT2D eigenvalue weighted by Gasteiger charge is -2.07. The summed E-state index contributed by atoms with van der Waals surface area (Å²) in [6.45, 7) is 3.83. The van der Waals surface area contributed by atoms with Crippen LogP contribution in [0.3, 0.4) is 0 Å². The normalized spacial score (nSPS) is 10.0. The van der Waals surface area contributed by atoms with Gasteiger partial charge in [0, 0.05) is 24.0 Å². The predicted molar refractivity (Wildman–Crippen MR) is 91.2 cm³/mol. The Kier molecular flexibility index (Phi) is 5.73. The standard InChI is InChI=1S/C16H13Cl2N3O2/c1-2-6-20-16(23)14-8-10(5-7-19-14)15(22)21-11-3-4-12(17)13(18)9-11/h2-5,7-9H,1,6H2,(H,20,23)(H,21,22). The second kappa shape index (κ2) is 7.76. The lowest BCUT2D eigenvalue weighted by Crippen LogP contribution is -2.24. The zero-order chi connectivity index (χ0) is 16.8. The number of pyridine rings is 1. The van der Waals surface area contributed by atoms with Crippen molar-refractivity contribution in [1.29, 1.82) is 0 Å². The average molecular weight is 350 g/mol. The van der Waals surface area contributed by atoms with E-state index < -0.39 is 0 Å². The van der Waals surface area contributed by atoms with Crippen molar-refractivity contribution in [3.05, 3.63) is 70.5 Å². The summed E-state index contributed by atoms with van der Waals surface area (Å²) in [5, 5.41) is 6.01. The third-order valence-electron chi connectivity index (χ3n) is 2.84. The van der Waals surface area contributed by atoms with Crippen LogP contribution in [0.15, 0.2) is 49.2 Å². The maximum Gasteiger partial charge on any atom is 0.270 e. The minimum absolute atomic E-state index is 0.147. The molecule has 5 nitrogen and oxygen atoms in total. The summed E-state index contributed by atoms with van der Waals surface area (Å²) in [7, 11) is 0. The second-order valence-corrected chi connectivity index (χ2v) is 5.33. The van der Waals surface area contributed by atoms with E-state index in [1.165, 1.54) is 18.3 Å². The number of carbonyl (C=O) groups is 2. The SMILES string of the molecule is C=CCNC(=O)c1cc(C(=O)Nc2ccc(Cl)c(Cl)c2)ccn1. The van der Waals surface area contributed by atoms with Gasteiger partial charge in [-0.15, -0.1) is 6.58 Å². The first-order valence-corrected chi connectivity index (χ1v) is 7.38. The molecule has 118 valence electrons. The van der Waals surface area contributed by atoms with Crippen LogP contribution in [0.4, 0.5) is 5.69 Å². The zero-order valence-corrected chi connectivity index (χ0v) is 13.5. The number of carbonyl (C=O) groups excluding carboxylic acids is 2. The van der Waals surface area contributed by atoms with Crippen LogP contribution >= 0.6 is 23.2 Å². The van der Waals surface area contributed by atoms with Gasteiger partial charge in [0.2, 0.25) is 0 Å². The fraction of sp³-hybridized carbons (Fsp3) is 0.0625. The van der Waals surface area contributed by atoms with Crippen LogP contribution in [0, 0.1) is 0 Å². The summed E-state index contributed by atoms with van der Waals surface area (Å²) in [6, 6.07) is 7.67. The molecule has 1 aromatic carbocycles. The predicted octanol–water partition coefficient (Wildman–Crippen LogP) is 3.56. The zero-order valence-electron chi connectivity index (χ0n) is 12.0. The third kappa shape index (κ3) is 4.55. The number of hydrogen-bond donors (Lipinski definition) is 2. The van der Waals surface area contributed by atoms with Gasteiger partial charge in [0.05, 0.1) is 10.0 Å². The highest BCUT2D eigenvalue weighted by Crippen LogP contribution is 2.25. The smallest absolute Gasteiger partial charge is 0.270 e. The molecule has 2 N–H and O–H groups in total. The molecule has 23 heavy (non-hydrogen) atoms. The Morgan fingerprint density at radius 3 is 2.61 bits per heavy atom. The molecule has 0 saturated heterocycles. The number of nitrogens with zero attached hydrogens (tertiary/aromatic N) is 1. The van der Waals surface area contributed by atoms with Crippen LogP contribution in [0.1, 0.15) is 20.8 Å². The molecule has 2 amide bonds. The highest BCUT2D eigenvalue weighted by atomic mass is 35.5. The molecule has 0 unspecified atom stereocenters. The van der Waals surface area contributed by atoms with Gasteiger partial charge in [-0.2, -0.15) is 0 Å². The molecule has 0 aliphatic carbocycles. The Morgan fingerprint density at radius 2 is 1.91 bits per heavy atom. The van der Waals surface area contributed by atoms with E-state index >= 15 is 0 Å². The van der Waals surface area contributed by atoms with Gasteiger partial charge in [-0.3, -0.25) is 14.6 Å². The van der Waals surface area contributed by atoms with Crippen molar-refractivity contribution in [3.8, 4) is 0 Å². The fourth-order valence-corrected chi connectivity index (χ4v) is 2.03. The molecular weight excluding hydrogens is 337 g/mol. The molecule has 0 aliphatic rings. The van der Waals surface area contributed by atoms with E-state index in [-0.39, 0.29) is 17.5 Å². The van der Waals surface area contributed by atoms with Crippen molar-refractivity contribution in [2.45, 2.75) is 0 Å². The van der Waals surface area contributed by atoms with Crippen LogP contribution < -0.4 is 10.6 Å². The van der Waals surface area contributed by atoms with Gasteiger partial charge in [-0.05, 0) is 30.3 Å². The number of benzene rings is 1. The van der Waals surface area contributed by atoms with Crippen LogP contribution in [0.2, 0.25) is 10.0 Å². The summed E-state index contributed by atoms with van der Waals surface area (Å²) in [5.41, 5.74) is 0.947. The summed E-state index contributed by atoms with van der Waals surface area (Å²) in [5.74, 6) is -0.766. The van der Waals surface area contributed by atoms with Crippen molar-refractivity contribution in [2.75, 3.05) is 11.9 Å². The molecule has 0 atom stereocenters. The maximum absolute atomic E-state index is 12.2. The van der Waals surface area contributed by atoms with E-state index in [0.717, 1.165) is 0 Å². The first-order valence-electron chi connectivity index (χ1n) is 6.63. The molecule has 0 fully saturated rings. The van der Waals surface area contributed by atoms with Crippen LogP contribution in [-0.2, 0) is 0 Å². The topological polar surface area (TPSA) is 71.1 Å². The van der Waals surface area contributed by atoms with Gasteiger partial charge in [0.15, 0.2) is 0 Å². The van der Waals surface area contributed by atoms with Crippen LogP contribution in [0.5, 0.6) is 0 Å². The van der Waals surface area contributed by atoms with Crippen molar-refractivity contribution in [1.82, 2.24) is 10.3 Å². The van der Waals surface area contributed by atoms with Gasteiger partial charge < -0.3 is 10.6 Å². The Balaban J connectivity index is 2.14. The largest absolute Gasteiger partial charge is 0.347 e. The number of halogens is 2. The lowest BCUT2D eigenvalue weighted by molar-refractivity contribution is 0.0953. The molecule has 0 aliphatic heterocycles. The molecule has 0 radical (unpaired) electrons. The molecule has 7 heteroatoms. The number of hydrogen-bond acceptors (Lipinski definition) is 3. The lowest BCUT2D eigenvalue weighted by atomic mass is 10.2. The van der Waals surface area contributed by atoms with Crippen LogP contribution in [-0.4, -0.2) is 23.3 Å². The minimum atomic E-state index is -0.386. The number of rotatable bonds is 5. The Morgan fingerprint density at radius 1 is 1.13 bits per heavy atom. The highest BCUT2D eigenvalue weighted by Gasteiger charge is 2.12. The van der Waals surface area contributed by atoms with E-state index in [4.69, 9.17) is 23.2 Å². The average Bonchev–Trinajstić information content (AvgIpc) is 2.56. The summed E-state index contributed by atoms with van der Waals surface area (Å²) < 4.78 is 0. The molecule has 2 aromatic rings. The summed E-state index contributed by atoms with van der Waals surface area (Å²) >= 11 is 11.7. The Labute approximate surface area is 143 Å². The molecule has 0 saturated carbocycles. The quantitative estimate of drug-likeness (QED) is 0.810. The number of amides is 2. The van der Waals surface area contributed by atoms with Crippen molar-refractivity contribution in [2.24, 2.45) is 0 Å². The molecule has 2 rings (SSSR count). The molecule has 0 bridgehead atoms. The molecule has 1 heterocycles. The first kappa shape index (κ1) is 17.0. The number of nitrogens with one attached hydrogen (secondary N) is 2. The van der Waals surface area contributed by atoms with Crippen molar-refractivity contribution in [3.63, 3.8) is 0 Å². The first-order chi connectivity index (χ1) is 11.0. The van der Waals surface area contributed by atoms with Crippen LogP contribution in [0.25, 0.3) is 0 Å². The van der Waals surface area contributed by atoms with E-state index in [9.17, 15) is 9.59 Å². The van der Waals surface area contributed by atoms with Crippen molar-refractivity contribution < 1.29 is 9.59 Å². The van der Waals surface area contributed by atoms with E-state index in [0.29, 0.717) is 27.8 Å². The van der Waals surface area contributed by atoms with E-state index in [1.54, 1.807) is 24.3 Å². The molecular formula is C16H13Cl2N3O2. The maximum atomic E-state index is 12.2. The van der Waals surface area contributed by atoms with Crippen molar-refractivity contribution >= 4 is 40.7 Å². The highest BCUT2D eigenvalue weighted by molar-refractivity contribution is 6.42. The van der Waals surface area contributed by atoms with Gasteiger partial charge in [0.1, 0.15) is 5.69 Å². The Hall–Kier alpha value is -2.37. The number of aromatic nitrogens is 1. The monoisotopic (exact) mass is 349 g/mol. The number of anilines is 1. The molecule has 1 aromatic heterocycles. The van der Waals surface area contributed by atoms with E-state index in [1.807, 2.05) is 0 Å². The summed E-state index contributed by atoms with van der Waals surface area (Å²) in [6.07, 6.45) is 2.95. The van der Waals surface area contributed by atoms with Gasteiger partial charge in [0.25, 0.3) is 11.8 Å². The van der Waals surface area contributed by atoms with Gasteiger partial charge >= 0.3 is 0 Å². The minimum Gasteiger partial charge on any atom is -0.347 e. The third-order valence-corrected chi connectivity index (χ3v) is 3.58. The fourth-order valence-electron chi connectivity index (χ4n) is 1.73. The summed E-state index contributed by atoms with van der Waals surface area (Å²) in [4.78, 5) is 28.0. The van der Waals surface area contributed by atoms with Gasteiger partial charge in [-0.25, -0.2) is 0 Å².